The number of likely N-dealkylation sites (N-methyl/N-ethyl adjacent to an activating group) is 1. The van der Waals surface area contributed by atoms with Crippen LogP contribution in [0, 0.1) is 0 Å². The molecule has 3 aromatic rings. The third-order valence-corrected chi connectivity index (χ3v) is 5.95. The third-order valence-electron chi connectivity index (χ3n) is 5.39. The van der Waals surface area contributed by atoms with Crippen molar-refractivity contribution >= 4 is 40.3 Å². The van der Waals surface area contributed by atoms with Crippen LogP contribution in [-0.2, 0) is 6.54 Å². The Morgan fingerprint density at radius 3 is 2.53 bits per heavy atom. The predicted molar refractivity (Wildman–Crippen MR) is 124 cm³/mol. The van der Waals surface area contributed by atoms with Crippen LogP contribution in [-0.4, -0.2) is 24.5 Å². The molecule has 0 aromatic heterocycles. The van der Waals surface area contributed by atoms with Crippen LogP contribution >= 0.6 is 23.2 Å². The second-order valence-corrected chi connectivity index (χ2v) is 9.01. The minimum absolute atomic E-state index is 0.0592. The van der Waals surface area contributed by atoms with Gasteiger partial charge in [0.1, 0.15) is 11.4 Å². The molecule has 156 valence electrons. The van der Waals surface area contributed by atoms with Gasteiger partial charge in [0.15, 0.2) is 0 Å². The van der Waals surface area contributed by atoms with Gasteiger partial charge in [-0.15, -0.1) is 0 Å². The first-order valence-electron chi connectivity index (χ1n) is 9.87. The molecule has 3 aromatic carbocycles. The van der Waals surface area contributed by atoms with Crippen molar-refractivity contribution in [3.8, 4) is 0 Å². The highest BCUT2D eigenvalue weighted by Crippen LogP contribution is 2.39. The molecule has 0 spiro atoms. The molecule has 30 heavy (non-hydrogen) atoms. The van der Waals surface area contributed by atoms with Crippen molar-refractivity contribution in [2.75, 3.05) is 24.2 Å². The Bertz CT molecular complexity index is 1180. The van der Waals surface area contributed by atoms with Gasteiger partial charge >= 0.3 is 0 Å². The lowest BCUT2D eigenvalue weighted by Gasteiger charge is -2.33. The molecular formula is C23H23Cl2N3O2. The number of nitrogens with zero attached hydrogens (tertiary/aromatic N) is 1. The summed E-state index contributed by atoms with van der Waals surface area (Å²) in [7, 11) is 2.07. The summed E-state index contributed by atoms with van der Waals surface area (Å²) in [6.45, 7) is 5.45. The van der Waals surface area contributed by atoms with Crippen molar-refractivity contribution in [1.82, 2.24) is 4.90 Å². The van der Waals surface area contributed by atoms with E-state index in [4.69, 9.17) is 23.2 Å². The van der Waals surface area contributed by atoms with Crippen LogP contribution in [0.15, 0.2) is 46.0 Å². The molecule has 0 saturated carbocycles. The summed E-state index contributed by atoms with van der Waals surface area (Å²) in [5.41, 5.74) is 3.75. The first-order valence-corrected chi connectivity index (χ1v) is 10.6. The summed E-state index contributed by atoms with van der Waals surface area (Å²) in [5, 5.41) is 7.48. The maximum Gasteiger partial charge on any atom is 0.253 e. The normalized spacial score (nSPS) is 16.7. The monoisotopic (exact) mass is 443 g/mol. The summed E-state index contributed by atoms with van der Waals surface area (Å²) in [5.74, 6) is 0.0951. The molecular weight excluding hydrogens is 421 g/mol. The Balaban J connectivity index is 1.69. The molecule has 1 heterocycles. The molecule has 0 aliphatic carbocycles. The van der Waals surface area contributed by atoms with E-state index in [1.807, 2.05) is 38.1 Å². The van der Waals surface area contributed by atoms with Crippen LogP contribution in [0.3, 0.4) is 0 Å². The van der Waals surface area contributed by atoms with Gasteiger partial charge in [-0.25, -0.2) is 0 Å². The lowest BCUT2D eigenvalue weighted by Crippen LogP contribution is -2.38. The SMILES string of the molecule is CC(C)Nc1c(Nc2cccc(C3CN(C)Cc4c(Cl)cc(Cl)cc43)c2)c(=O)c1=O. The summed E-state index contributed by atoms with van der Waals surface area (Å²) >= 11 is 12.8. The van der Waals surface area contributed by atoms with Crippen LogP contribution in [0.1, 0.15) is 36.5 Å². The fourth-order valence-corrected chi connectivity index (χ4v) is 4.61. The minimum Gasteiger partial charge on any atom is -0.378 e. The zero-order valence-corrected chi connectivity index (χ0v) is 18.6. The topological polar surface area (TPSA) is 61.4 Å². The van der Waals surface area contributed by atoms with Crippen molar-refractivity contribution in [2.45, 2.75) is 32.4 Å². The molecule has 1 unspecified atom stereocenters. The minimum atomic E-state index is -0.495. The Morgan fingerprint density at radius 1 is 1.07 bits per heavy atom. The molecule has 1 aliphatic heterocycles. The standard InChI is InChI=1S/C23H23Cl2N3O2/c1-12(2)26-20-21(23(30)22(20)29)27-15-6-4-5-13(7-15)17-10-28(3)11-18-16(17)8-14(24)9-19(18)25/h4-9,12,17,26-27H,10-11H2,1-3H3. The molecule has 0 radical (unpaired) electrons. The number of hydrogen-bond donors (Lipinski definition) is 2. The van der Waals surface area contributed by atoms with Crippen molar-refractivity contribution < 1.29 is 0 Å². The number of halogens is 2. The average molecular weight is 444 g/mol. The zero-order chi connectivity index (χ0) is 21.6. The molecule has 0 bridgehead atoms. The Morgan fingerprint density at radius 2 is 1.80 bits per heavy atom. The van der Waals surface area contributed by atoms with Crippen LogP contribution < -0.4 is 21.5 Å². The quantitative estimate of drug-likeness (QED) is 0.558. The van der Waals surface area contributed by atoms with Crippen LogP contribution in [0.4, 0.5) is 17.1 Å². The second kappa shape index (κ2) is 8.06. The van der Waals surface area contributed by atoms with Gasteiger partial charge in [-0.2, -0.15) is 0 Å². The molecule has 4 rings (SSSR count). The van der Waals surface area contributed by atoms with E-state index < -0.39 is 10.9 Å². The van der Waals surface area contributed by atoms with Gasteiger partial charge in [0.2, 0.25) is 0 Å². The molecule has 7 heteroatoms. The highest BCUT2D eigenvalue weighted by molar-refractivity contribution is 6.35. The summed E-state index contributed by atoms with van der Waals surface area (Å²) in [6.07, 6.45) is 0. The van der Waals surface area contributed by atoms with E-state index in [0.717, 1.165) is 35.5 Å². The second-order valence-electron chi connectivity index (χ2n) is 8.16. The van der Waals surface area contributed by atoms with Gasteiger partial charge in [-0.1, -0.05) is 35.3 Å². The zero-order valence-electron chi connectivity index (χ0n) is 17.1. The Hall–Kier alpha value is -2.34. The lowest BCUT2D eigenvalue weighted by molar-refractivity contribution is 0.295. The fraction of sp³-hybridized carbons (Fsp3) is 0.304. The van der Waals surface area contributed by atoms with Gasteiger partial charge in [0.05, 0.1) is 0 Å². The first-order chi connectivity index (χ1) is 14.2. The summed E-state index contributed by atoms with van der Waals surface area (Å²) < 4.78 is 0. The maximum atomic E-state index is 12.1. The van der Waals surface area contributed by atoms with Gasteiger partial charge in [0, 0.05) is 40.8 Å². The van der Waals surface area contributed by atoms with Crippen molar-refractivity contribution in [2.24, 2.45) is 0 Å². The van der Waals surface area contributed by atoms with E-state index in [1.54, 1.807) is 6.07 Å². The van der Waals surface area contributed by atoms with E-state index in [0.29, 0.717) is 21.4 Å². The van der Waals surface area contributed by atoms with E-state index in [-0.39, 0.29) is 12.0 Å². The molecule has 0 saturated heterocycles. The van der Waals surface area contributed by atoms with Gasteiger partial charge < -0.3 is 15.5 Å². The van der Waals surface area contributed by atoms with Gasteiger partial charge in [0.25, 0.3) is 10.9 Å². The largest absolute Gasteiger partial charge is 0.378 e. The number of nitrogens with one attached hydrogen (secondary N) is 2. The number of anilines is 3. The Kier molecular flexibility index (Phi) is 5.62. The highest BCUT2D eigenvalue weighted by Gasteiger charge is 2.27. The average Bonchev–Trinajstić information content (AvgIpc) is 2.70. The van der Waals surface area contributed by atoms with Crippen molar-refractivity contribution in [1.29, 1.82) is 0 Å². The van der Waals surface area contributed by atoms with Gasteiger partial charge in [-0.05, 0) is 61.9 Å². The molecule has 1 aliphatic rings. The fourth-order valence-electron chi connectivity index (χ4n) is 4.05. The van der Waals surface area contributed by atoms with E-state index >= 15 is 0 Å². The van der Waals surface area contributed by atoms with E-state index in [9.17, 15) is 9.59 Å². The molecule has 2 N–H and O–H groups in total. The maximum absolute atomic E-state index is 12.1. The van der Waals surface area contributed by atoms with Crippen molar-refractivity contribution in [3.63, 3.8) is 0 Å². The molecule has 5 nitrogen and oxygen atoms in total. The van der Waals surface area contributed by atoms with Crippen molar-refractivity contribution in [3.05, 3.63) is 83.6 Å². The van der Waals surface area contributed by atoms with E-state index in [1.165, 1.54) is 0 Å². The number of fused-ring (bicyclic) bond motifs is 1. The van der Waals surface area contributed by atoms with Crippen LogP contribution in [0.5, 0.6) is 0 Å². The van der Waals surface area contributed by atoms with E-state index in [2.05, 4.69) is 28.6 Å². The summed E-state index contributed by atoms with van der Waals surface area (Å²) in [6, 6.07) is 11.7. The molecule has 0 fully saturated rings. The summed E-state index contributed by atoms with van der Waals surface area (Å²) in [4.78, 5) is 26.2. The number of benzene rings is 2. The smallest absolute Gasteiger partial charge is 0.253 e. The molecule has 1 atom stereocenters. The van der Waals surface area contributed by atoms with Crippen LogP contribution in [0.2, 0.25) is 10.0 Å². The predicted octanol–water partition coefficient (Wildman–Crippen LogP) is 4.73. The Labute approximate surface area is 185 Å². The number of hydrogen-bond acceptors (Lipinski definition) is 5. The third kappa shape index (κ3) is 3.85. The van der Waals surface area contributed by atoms with Gasteiger partial charge in [-0.3, -0.25) is 9.59 Å². The lowest BCUT2D eigenvalue weighted by atomic mass is 9.84. The number of rotatable bonds is 5. The van der Waals surface area contributed by atoms with Crippen LogP contribution in [0.25, 0.3) is 0 Å². The molecule has 0 amide bonds. The highest BCUT2D eigenvalue weighted by atomic mass is 35.5. The first kappa shape index (κ1) is 20.9.